The van der Waals surface area contributed by atoms with Crippen molar-refractivity contribution in [2.75, 3.05) is 14.2 Å². The van der Waals surface area contributed by atoms with E-state index in [-0.39, 0.29) is 6.92 Å². The molecule has 0 aliphatic rings. The minimum absolute atomic E-state index is 0.292. The maximum atomic E-state index is 6.56. The molecule has 0 fully saturated rings. The fourth-order valence-corrected chi connectivity index (χ4v) is 3.33. The van der Waals surface area contributed by atoms with E-state index in [1.165, 1.54) is 0 Å². The van der Waals surface area contributed by atoms with Crippen LogP contribution in [0.25, 0.3) is 10.9 Å². The number of benzene rings is 3. The number of hydrogen-bond acceptors (Lipinski definition) is 4. The van der Waals surface area contributed by atoms with Crippen LogP contribution in [0.1, 0.15) is 5.69 Å². The van der Waals surface area contributed by atoms with Crippen molar-refractivity contribution in [2.24, 2.45) is 0 Å². The zero-order valence-corrected chi connectivity index (χ0v) is 16.8. The van der Waals surface area contributed by atoms with Crippen molar-refractivity contribution in [1.82, 2.24) is 4.98 Å². The van der Waals surface area contributed by atoms with E-state index < -0.39 is 0 Å². The Balaban J connectivity index is 1.78. The minimum Gasteiger partial charge on any atom is -0.550 e. The molecule has 0 spiro atoms. The van der Waals surface area contributed by atoms with Crippen LogP contribution in [0, 0.1) is 6.92 Å². The third-order valence-corrected chi connectivity index (χ3v) is 4.90. The van der Waals surface area contributed by atoms with E-state index in [9.17, 15) is 0 Å². The van der Waals surface area contributed by atoms with E-state index in [0.717, 1.165) is 44.8 Å². The molecule has 1 heterocycles. The highest BCUT2D eigenvalue weighted by molar-refractivity contribution is 6.80. The number of aryl methyl sites for hydroxylation is 1. The summed E-state index contributed by atoms with van der Waals surface area (Å²) in [5, 5.41) is 1.05. The number of para-hydroxylation sites is 1. The zero-order valence-electron chi connectivity index (χ0n) is 16.8. The molecule has 0 atom stereocenters. The van der Waals surface area contributed by atoms with Gasteiger partial charge in [-0.25, -0.2) is 4.98 Å². The van der Waals surface area contributed by atoms with Crippen LogP contribution in [0.15, 0.2) is 78.9 Å². The van der Waals surface area contributed by atoms with E-state index in [0.29, 0.717) is 0 Å². The van der Waals surface area contributed by atoms with Crippen LogP contribution in [0.4, 0.5) is 0 Å². The Morgan fingerprint density at radius 1 is 0.690 bits per heavy atom. The second-order valence-corrected chi connectivity index (χ2v) is 6.82. The summed E-state index contributed by atoms with van der Waals surface area (Å²) in [5.41, 5.74) is 3.87. The Morgan fingerprint density at radius 2 is 1.28 bits per heavy atom. The van der Waals surface area contributed by atoms with Crippen LogP contribution in [0.2, 0.25) is 0 Å². The molecule has 0 unspecified atom stereocenters. The normalized spacial score (nSPS) is 10.6. The molecule has 4 rings (SSSR count). The van der Waals surface area contributed by atoms with Crippen LogP contribution in [-0.4, -0.2) is 26.1 Å². The summed E-state index contributed by atoms with van der Waals surface area (Å²) in [6.45, 7) is 1.69. The van der Waals surface area contributed by atoms with Crippen LogP contribution in [0.3, 0.4) is 0 Å². The Labute approximate surface area is 171 Å². The fraction of sp³-hybridized carbons (Fsp3) is 0.125. The highest BCUT2D eigenvalue weighted by Gasteiger charge is 2.25. The number of methoxy groups -OCH3 is 2. The van der Waals surface area contributed by atoms with Gasteiger partial charge in [0.2, 0.25) is 0 Å². The predicted molar refractivity (Wildman–Crippen MR) is 118 cm³/mol. The van der Waals surface area contributed by atoms with Crippen molar-refractivity contribution in [2.45, 2.75) is 6.92 Å². The first-order chi connectivity index (χ1) is 14.2. The maximum absolute atomic E-state index is 6.56. The van der Waals surface area contributed by atoms with Gasteiger partial charge in [0.15, 0.2) is 0 Å². The molecule has 0 radical (unpaired) electrons. The SMILES string of the molecule is COc1ccc(B(Oc2cccc3ccc(C)nc23)c2ccc(OC)cc2)cc1. The molecule has 0 saturated carbocycles. The van der Waals surface area contributed by atoms with Gasteiger partial charge in [0, 0.05) is 11.1 Å². The number of aromatic nitrogens is 1. The number of hydrogen-bond donors (Lipinski definition) is 0. The van der Waals surface area contributed by atoms with Gasteiger partial charge in [0.25, 0.3) is 0 Å². The van der Waals surface area contributed by atoms with Gasteiger partial charge in [-0.15, -0.1) is 0 Å². The zero-order chi connectivity index (χ0) is 20.2. The molecule has 4 nitrogen and oxygen atoms in total. The molecule has 5 heteroatoms. The molecule has 29 heavy (non-hydrogen) atoms. The first kappa shape index (κ1) is 18.9. The fourth-order valence-electron chi connectivity index (χ4n) is 3.33. The van der Waals surface area contributed by atoms with E-state index >= 15 is 0 Å². The lowest BCUT2D eigenvalue weighted by atomic mass is 9.55. The Hall–Kier alpha value is -3.47. The second-order valence-electron chi connectivity index (χ2n) is 6.82. The standard InChI is InChI=1S/C24H22BNO3/c1-17-7-8-18-5-4-6-23(24(18)26-17)29-25(19-9-13-21(27-2)14-10-19)20-11-15-22(28-3)16-12-20/h4-16H,1-3H3. The predicted octanol–water partition coefficient (Wildman–Crippen LogP) is 3.75. The molecule has 0 N–H and O–H groups in total. The number of pyridine rings is 1. The Morgan fingerprint density at radius 3 is 1.83 bits per heavy atom. The van der Waals surface area contributed by atoms with Gasteiger partial charge >= 0.3 is 6.92 Å². The molecule has 4 aromatic rings. The molecular formula is C24H22BNO3. The topological polar surface area (TPSA) is 40.6 Å². The Bertz CT molecular complexity index is 1060. The van der Waals surface area contributed by atoms with Crippen LogP contribution >= 0.6 is 0 Å². The van der Waals surface area contributed by atoms with Gasteiger partial charge < -0.3 is 14.1 Å². The van der Waals surface area contributed by atoms with Crippen molar-refractivity contribution < 1.29 is 14.1 Å². The molecule has 3 aromatic carbocycles. The van der Waals surface area contributed by atoms with Gasteiger partial charge in [-0.05, 0) is 54.2 Å². The molecule has 0 saturated heterocycles. The van der Waals surface area contributed by atoms with E-state index in [2.05, 4.69) is 6.07 Å². The molecule has 1 aromatic heterocycles. The highest BCUT2D eigenvalue weighted by atomic mass is 16.5. The monoisotopic (exact) mass is 383 g/mol. The summed E-state index contributed by atoms with van der Waals surface area (Å²) in [4.78, 5) is 4.71. The minimum atomic E-state index is -0.292. The average molecular weight is 383 g/mol. The Kier molecular flexibility index (Phi) is 5.38. The average Bonchev–Trinajstić information content (AvgIpc) is 2.78. The summed E-state index contributed by atoms with van der Waals surface area (Å²) >= 11 is 0. The van der Waals surface area contributed by atoms with Gasteiger partial charge in [0.05, 0.1) is 14.2 Å². The summed E-state index contributed by atoms with van der Waals surface area (Å²) < 4.78 is 17.2. The number of fused-ring (bicyclic) bond motifs is 1. The first-order valence-electron chi connectivity index (χ1n) is 9.49. The lowest BCUT2D eigenvalue weighted by molar-refractivity contribution is 0.415. The molecule has 0 amide bonds. The number of ether oxygens (including phenoxy) is 2. The summed E-state index contributed by atoms with van der Waals surface area (Å²) in [5.74, 6) is 2.37. The van der Waals surface area contributed by atoms with Crippen LogP contribution in [0.5, 0.6) is 17.2 Å². The molecular weight excluding hydrogens is 361 g/mol. The largest absolute Gasteiger partial charge is 0.550 e. The molecule has 0 aliphatic carbocycles. The quantitative estimate of drug-likeness (QED) is 0.476. The van der Waals surface area contributed by atoms with E-state index in [1.807, 2.05) is 79.7 Å². The smallest absolute Gasteiger partial charge is 0.426 e. The lowest BCUT2D eigenvalue weighted by Crippen LogP contribution is -2.47. The lowest BCUT2D eigenvalue weighted by Gasteiger charge is -2.18. The van der Waals surface area contributed by atoms with Gasteiger partial charge in [-0.1, -0.05) is 42.5 Å². The van der Waals surface area contributed by atoms with Gasteiger partial charge in [-0.2, -0.15) is 0 Å². The van der Waals surface area contributed by atoms with Crippen molar-refractivity contribution in [1.29, 1.82) is 0 Å². The summed E-state index contributed by atoms with van der Waals surface area (Å²) in [7, 11) is 3.33. The third kappa shape index (κ3) is 4.04. The van der Waals surface area contributed by atoms with Crippen molar-refractivity contribution >= 4 is 28.7 Å². The molecule has 0 aliphatic heterocycles. The maximum Gasteiger partial charge on any atom is 0.426 e. The van der Waals surface area contributed by atoms with Crippen molar-refractivity contribution in [3.63, 3.8) is 0 Å². The summed E-state index contributed by atoms with van der Waals surface area (Å²) in [6.07, 6.45) is 0. The molecule has 144 valence electrons. The summed E-state index contributed by atoms with van der Waals surface area (Å²) in [6, 6.07) is 26.0. The first-order valence-corrected chi connectivity index (χ1v) is 9.49. The highest BCUT2D eigenvalue weighted by Crippen LogP contribution is 2.24. The van der Waals surface area contributed by atoms with Gasteiger partial charge in [-0.3, -0.25) is 0 Å². The van der Waals surface area contributed by atoms with E-state index in [1.54, 1.807) is 14.2 Å². The third-order valence-electron chi connectivity index (χ3n) is 4.90. The second kappa shape index (κ2) is 8.27. The molecule has 0 bridgehead atoms. The van der Waals surface area contributed by atoms with Gasteiger partial charge in [0.1, 0.15) is 22.8 Å². The van der Waals surface area contributed by atoms with E-state index in [4.69, 9.17) is 19.1 Å². The number of rotatable bonds is 6. The van der Waals surface area contributed by atoms with Crippen LogP contribution in [-0.2, 0) is 0 Å². The van der Waals surface area contributed by atoms with Crippen molar-refractivity contribution in [3.05, 3.63) is 84.6 Å². The van der Waals surface area contributed by atoms with Crippen LogP contribution < -0.4 is 25.1 Å². The van der Waals surface area contributed by atoms with Crippen molar-refractivity contribution in [3.8, 4) is 17.2 Å². The number of nitrogens with zero attached hydrogens (tertiary/aromatic N) is 1.